The molecule has 2 unspecified atom stereocenters. The average Bonchev–Trinajstić information content (AvgIpc) is 2.48. The number of rotatable bonds is 13. The minimum Gasteiger partial charge on any atom is -0.372 e. The first-order valence-electron chi connectivity index (χ1n) is 8.70. The molecule has 3 nitrogen and oxygen atoms in total. The summed E-state index contributed by atoms with van der Waals surface area (Å²) < 4.78 is 18.1. The molecule has 0 rings (SSSR count). The molecule has 0 saturated carbocycles. The van der Waals surface area contributed by atoms with Crippen LogP contribution >= 0.6 is 7.37 Å². The summed E-state index contributed by atoms with van der Waals surface area (Å²) in [5.74, 6) is 0.848. The van der Waals surface area contributed by atoms with Crippen molar-refractivity contribution in [3.63, 3.8) is 0 Å². The van der Waals surface area contributed by atoms with Gasteiger partial charge >= 0.3 is 0 Å². The molecular weight excluding hydrogens is 281 g/mol. The predicted molar refractivity (Wildman–Crippen MR) is 90.7 cm³/mol. The topological polar surface area (TPSA) is 50.1 Å². The van der Waals surface area contributed by atoms with Crippen LogP contribution in [0.5, 0.6) is 0 Å². The summed E-state index contributed by atoms with van der Waals surface area (Å²) in [6.07, 6.45) is 11.8. The van der Waals surface area contributed by atoms with E-state index in [1.54, 1.807) is 6.26 Å². The van der Waals surface area contributed by atoms with Crippen LogP contribution in [0.3, 0.4) is 0 Å². The molecule has 21 heavy (non-hydrogen) atoms. The molecule has 0 heterocycles. The van der Waals surface area contributed by atoms with Crippen molar-refractivity contribution in [2.45, 2.75) is 79.1 Å². The van der Waals surface area contributed by atoms with Crippen LogP contribution in [0.1, 0.15) is 79.1 Å². The second-order valence-corrected chi connectivity index (χ2v) is 8.74. The van der Waals surface area contributed by atoms with E-state index in [1.165, 1.54) is 0 Å². The summed E-state index contributed by atoms with van der Waals surface area (Å²) in [6, 6.07) is 0. The van der Waals surface area contributed by atoms with E-state index >= 15 is 0 Å². The van der Waals surface area contributed by atoms with Crippen LogP contribution in [0.2, 0.25) is 0 Å². The SMILES string of the molecule is CCCCC(CC)CP(=O)(CC(CC)CCCC)OC#N. The maximum Gasteiger partial charge on any atom is 0.291 e. The van der Waals surface area contributed by atoms with Crippen molar-refractivity contribution in [2.75, 3.05) is 12.3 Å². The van der Waals surface area contributed by atoms with Gasteiger partial charge in [0.2, 0.25) is 0 Å². The van der Waals surface area contributed by atoms with Gasteiger partial charge in [0.1, 0.15) is 0 Å². The van der Waals surface area contributed by atoms with Crippen molar-refractivity contribution in [3.05, 3.63) is 0 Å². The fourth-order valence-electron chi connectivity index (χ4n) is 2.84. The van der Waals surface area contributed by atoms with Crippen LogP contribution in [-0.4, -0.2) is 12.3 Å². The quantitative estimate of drug-likeness (QED) is 0.300. The van der Waals surface area contributed by atoms with Crippen molar-refractivity contribution in [2.24, 2.45) is 11.8 Å². The van der Waals surface area contributed by atoms with Gasteiger partial charge in [0.25, 0.3) is 13.6 Å². The molecule has 0 bridgehead atoms. The Kier molecular flexibility index (Phi) is 11.8. The Morgan fingerprint density at radius 2 is 1.38 bits per heavy atom. The van der Waals surface area contributed by atoms with Crippen LogP contribution in [0.15, 0.2) is 0 Å². The molecule has 0 aliphatic carbocycles. The second-order valence-electron chi connectivity index (χ2n) is 6.20. The lowest BCUT2D eigenvalue weighted by Crippen LogP contribution is -2.14. The van der Waals surface area contributed by atoms with E-state index in [9.17, 15) is 4.57 Å². The van der Waals surface area contributed by atoms with Crippen LogP contribution in [0.4, 0.5) is 0 Å². The molecule has 0 N–H and O–H groups in total. The fourth-order valence-corrected chi connectivity index (χ4v) is 5.75. The van der Waals surface area contributed by atoms with Crippen LogP contribution in [0.25, 0.3) is 0 Å². The number of hydrogen-bond acceptors (Lipinski definition) is 3. The molecule has 0 radical (unpaired) electrons. The van der Waals surface area contributed by atoms with Crippen molar-refractivity contribution >= 4 is 7.37 Å². The summed E-state index contributed by atoms with van der Waals surface area (Å²) >= 11 is 0. The summed E-state index contributed by atoms with van der Waals surface area (Å²) in [4.78, 5) is 0. The zero-order chi connectivity index (χ0) is 16.1. The summed E-state index contributed by atoms with van der Waals surface area (Å²) in [5.41, 5.74) is 0. The highest BCUT2D eigenvalue weighted by Gasteiger charge is 2.31. The highest BCUT2D eigenvalue weighted by Crippen LogP contribution is 2.51. The molecule has 0 aromatic heterocycles. The molecule has 2 atom stereocenters. The zero-order valence-electron chi connectivity index (χ0n) is 14.4. The van der Waals surface area contributed by atoms with Gasteiger partial charge in [-0.2, -0.15) is 0 Å². The van der Waals surface area contributed by atoms with Crippen LogP contribution in [0, 0.1) is 23.4 Å². The van der Waals surface area contributed by atoms with Crippen LogP contribution < -0.4 is 0 Å². The average molecular weight is 315 g/mol. The van der Waals surface area contributed by atoms with E-state index in [1.807, 2.05) is 0 Å². The summed E-state index contributed by atoms with van der Waals surface area (Å²) in [5, 5.41) is 8.88. The predicted octanol–water partition coefficient (Wildman–Crippen LogP) is 6.19. The first kappa shape index (κ1) is 20.5. The number of nitrogens with zero attached hydrogens (tertiary/aromatic N) is 1. The highest BCUT2D eigenvalue weighted by molar-refractivity contribution is 7.59. The molecule has 124 valence electrons. The number of hydrogen-bond donors (Lipinski definition) is 0. The molecule has 0 aliphatic heterocycles. The van der Waals surface area contributed by atoms with Gasteiger partial charge in [-0.15, -0.1) is 5.26 Å². The van der Waals surface area contributed by atoms with E-state index in [0.717, 1.165) is 51.4 Å². The maximum absolute atomic E-state index is 13.0. The van der Waals surface area contributed by atoms with Crippen LogP contribution in [-0.2, 0) is 9.09 Å². The normalized spacial score (nSPS) is 16.7. The van der Waals surface area contributed by atoms with E-state index < -0.39 is 7.37 Å². The summed E-state index contributed by atoms with van der Waals surface area (Å²) in [6.45, 7) is 8.64. The Morgan fingerprint density at radius 3 is 1.67 bits per heavy atom. The molecule has 0 aromatic carbocycles. The van der Waals surface area contributed by atoms with Crippen molar-refractivity contribution in [1.29, 1.82) is 5.26 Å². The highest BCUT2D eigenvalue weighted by atomic mass is 31.2. The smallest absolute Gasteiger partial charge is 0.291 e. The Hall–Kier alpha value is -0.480. The molecule has 0 spiro atoms. The van der Waals surface area contributed by atoms with Crippen molar-refractivity contribution in [3.8, 4) is 6.26 Å². The molecule has 0 amide bonds. The van der Waals surface area contributed by atoms with Crippen molar-refractivity contribution in [1.82, 2.24) is 0 Å². The molecule has 4 heteroatoms. The number of unbranched alkanes of at least 4 members (excludes halogenated alkanes) is 2. The summed E-state index contributed by atoms with van der Waals surface area (Å²) in [7, 11) is -2.81. The lowest BCUT2D eigenvalue weighted by atomic mass is 10.0. The van der Waals surface area contributed by atoms with E-state index in [-0.39, 0.29) is 0 Å². The third kappa shape index (κ3) is 9.20. The molecule has 0 aliphatic rings. The van der Waals surface area contributed by atoms with Gasteiger partial charge in [-0.05, 0) is 24.7 Å². The molecule has 0 fully saturated rings. The van der Waals surface area contributed by atoms with Gasteiger partial charge in [0.15, 0.2) is 0 Å². The maximum atomic E-state index is 13.0. The molecule has 0 aromatic rings. The Balaban J connectivity index is 4.71. The van der Waals surface area contributed by atoms with Gasteiger partial charge in [0.05, 0.1) is 0 Å². The second kappa shape index (κ2) is 12.1. The monoisotopic (exact) mass is 315 g/mol. The minimum atomic E-state index is -2.81. The van der Waals surface area contributed by atoms with Gasteiger partial charge in [-0.25, -0.2) is 0 Å². The van der Waals surface area contributed by atoms with Gasteiger partial charge < -0.3 is 4.52 Å². The third-order valence-corrected chi connectivity index (χ3v) is 6.93. The van der Waals surface area contributed by atoms with E-state index in [4.69, 9.17) is 9.79 Å². The van der Waals surface area contributed by atoms with Gasteiger partial charge in [-0.3, -0.25) is 4.57 Å². The zero-order valence-corrected chi connectivity index (χ0v) is 15.3. The van der Waals surface area contributed by atoms with Crippen molar-refractivity contribution < 1.29 is 9.09 Å². The first-order chi connectivity index (χ1) is 10.0. The van der Waals surface area contributed by atoms with Gasteiger partial charge in [0, 0.05) is 12.3 Å². The minimum absolute atomic E-state index is 0.424. The Morgan fingerprint density at radius 1 is 0.952 bits per heavy atom. The molecular formula is C17H34NO2P. The lowest BCUT2D eigenvalue weighted by Gasteiger charge is -2.24. The molecule has 0 saturated heterocycles. The first-order valence-corrected chi connectivity index (χ1v) is 10.7. The number of nitriles is 1. The lowest BCUT2D eigenvalue weighted by molar-refractivity contribution is 0.403. The Labute approximate surface area is 131 Å². The van der Waals surface area contributed by atoms with E-state index in [2.05, 4.69) is 27.7 Å². The standard InChI is InChI=1S/C17H34NO2P/c1-5-9-11-16(7-3)13-21(19,20-15-18)14-17(8-4)12-10-6-2/h16-17H,5-14H2,1-4H3. The largest absolute Gasteiger partial charge is 0.372 e. The van der Waals surface area contributed by atoms with E-state index in [0.29, 0.717) is 24.2 Å². The van der Waals surface area contributed by atoms with Gasteiger partial charge in [-0.1, -0.05) is 66.2 Å². The fraction of sp³-hybridized carbons (Fsp3) is 0.941. The Bertz CT molecular complexity index is 316. The third-order valence-electron chi connectivity index (χ3n) is 4.37.